The molecule has 1 N–H and O–H groups in total. The minimum atomic E-state index is -0.979. The van der Waals surface area contributed by atoms with Gasteiger partial charge >= 0.3 is 0 Å². The molecule has 2 nitrogen and oxygen atoms in total. The topological polar surface area (TPSA) is 29.1 Å². The van der Waals surface area contributed by atoms with E-state index in [9.17, 15) is 4.21 Å². The highest BCUT2D eigenvalue weighted by molar-refractivity contribution is 7.86. The number of hydrogen-bond acceptors (Lipinski definition) is 2. The molecule has 0 aromatic heterocycles. The van der Waals surface area contributed by atoms with E-state index in [2.05, 4.69) is 5.32 Å². The summed E-state index contributed by atoms with van der Waals surface area (Å²) in [4.78, 5) is 0.806. The molecule has 0 bridgehead atoms. The monoisotopic (exact) mass is 229 g/mol. The molecule has 76 valence electrons. The van der Waals surface area contributed by atoms with Gasteiger partial charge in [0, 0.05) is 6.04 Å². The molecule has 0 saturated carbocycles. The van der Waals surface area contributed by atoms with Crippen LogP contribution in [0.1, 0.15) is 18.5 Å². The van der Waals surface area contributed by atoms with Crippen molar-refractivity contribution in [2.45, 2.75) is 23.1 Å². The Morgan fingerprint density at radius 1 is 1.50 bits per heavy atom. The highest BCUT2D eigenvalue weighted by Crippen LogP contribution is 2.39. The third kappa shape index (κ3) is 1.31. The van der Waals surface area contributed by atoms with Crippen molar-refractivity contribution in [1.29, 1.82) is 0 Å². The first-order chi connectivity index (χ1) is 6.66. The van der Waals surface area contributed by atoms with E-state index >= 15 is 0 Å². The number of nitrogens with one attached hydrogen (secondary N) is 1. The average Bonchev–Trinajstić information content (AvgIpc) is 2.41. The zero-order chi connectivity index (χ0) is 10.3. The molecule has 1 aromatic carbocycles. The average molecular weight is 230 g/mol. The van der Waals surface area contributed by atoms with Crippen LogP contribution in [0, 0.1) is 0 Å². The van der Waals surface area contributed by atoms with Crippen LogP contribution >= 0.6 is 11.6 Å². The molecule has 0 fully saturated rings. The van der Waals surface area contributed by atoms with Crippen LogP contribution in [-0.2, 0) is 10.8 Å². The van der Waals surface area contributed by atoms with Crippen molar-refractivity contribution in [3.8, 4) is 0 Å². The van der Waals surface area contributed by atoms with E-state index in [1.54, 1.807) is 6.07 Å². The van der Waals surface area contributed by atoms with Crippen LogP contribution in [0.15, 0.2) is 23.1 Å². The molecule has 3 atom stereocenters. The smallest absolute Gasteiger partial charge is 0.0625 e. The summed E-state index contributed by atoms with van der Waals surface area (Å²) in [6.07, 6.45) is 0. The predicted molar refractivity (Wildman–Crippen MR) is 59.1 cm³/mol. The van der Waals surface area contributed by atoms with Crippen molar-refractivity contribution in [3.05, 3.63) is 28.8 Å². The second-order valence-electron chi connectivity index (χ2n) is 3.43. The third-order valence-corrected chi connectivity index (χ3v) is 4.88. The van der Waals surface area contributed by atoms with E-state index in [-0.39, 0.29) is 11.3 Å². The van der Waals surface area contributed by atoms with Gasteiger partial charge in [-0.15, -0.1) is 0 Å². The van der Waals surface area contributed by atoms with Gasteiger partial charge in [0.2, 0.25) is 0 Å². The van der Waals surface area contributed by atoms with Crippen LogP contribution in [0.3, 0.4) is 0 Å². The van der Waals surface area contributed by atoms with Gasteiger partial charge in [-0.1, -0.05) is 23.7 Å². The molecule has 0 saturated heterocycles. The maximum absolute atomic E-state index is 12.0. The summed E-state index contributed by atoms with van der Waals surface area (Å²) in [5, 5.41) is 3.88. The maximum Gasteiger partial charge on any atom is 0.0625 e. The van der Waals surface area contributed by atoms with Gasteiger partial charge in [-0.25, -0.2) is 0 Å². The highest BCUT2D eigenvalue weighted by atomic mass is 35.5. The Bertz CT molecular complexity index is 394. The summed E-state index contributed by atoms with van der Waals surface area (Å²) in [6.45, 7) is 1.98. The van der Waals surface area contributed by atoms with Crippen LogP contribution < -0.4 is 5.32 Å². The molecule has 0 aliphatic carbocycles. The summed E-state index contributed by atoms with van der Waals surface area (Å²) in [5.41, 5.74) is 1.07. The molecule has 1 aliphatic rings. The van der Waals surface area contributed by atoms with Crippen LogP contribution in [0.4, 0.5) is 0 Å². The summed E-state index contributed by atoms with van der Waals surface area (Å²) in [7, 11) is 0.905. The van der Waals surface area contributed by atoms with Gasteiger partial charge in [-0.2, -0.15) is 0 Å². The number of halogens is 1. The van der Waals surface area contributed by atoms with Crippen molar-refractivity contribution >= 4 is 22.4 Å². The summed E-state index contributed by atoms with van der Waals surface area (Å²) in [5.74, 6) is 0. The van der Waals surface area contributed by atoms with Gasteiger partial charge in [0.25, 0.3) is 0 Å². The second-order valence-corrected chi connectivity index (χ2v) is 5.58. The fraction of sp³-hybridized carbons (Fsp3) is 0.400. The standard InChI is InChI=1S/C10H12ClNOS/c1-6-9(12-2)7-4-3-5-8(11)10(7)14(6)13/h3-6,9,12H,1-2H3. The van der Waals surface area contributed by atoms with Crippen molar-refractivity contribution in [3.63, 3.8) is 0 Å². The maximum atomic E-state index is 12.0. The van der Waals surface area contributed by atoms with Gasteiger partial charge in [0.05, 0.1) is 26.0 Å². The predicted octanol–water partition coefficient (Wildman–Crippen LogP) is 2.11. The number of fused-ring (bicyclic) bond motifs is 1. The Hall–Kier alpha value is -0.380. The summed E-state index contributed by atoms with van der Waals surface area (Å²) in [6, 6.07) is 5.85. The largest absolute Gasteiger partial charge is 0.312 e. The Balaban J connectivity index is 2.61. The molecular weight excluding hydrogens is 218 g/mol. The number of benzene rings is 1. The van der Waals surface area contributed by atoms with Crippen LogP contribution in [0.5, 0.6) is 0 Å². The quantitative estimate of drug-likeness (QED) is 0.799. The molecule has 0 radical (unpaired) electrons. The Kier molecular flexibility index (Phi) is 2.64. The van der Waals surface area contributed by atoms with Crippen molar-refractivity contribution < 1.29 is 4.21 Å². The molecule has 3 unspecified atom stereocenters. The SMILES string of the molecule is CNC1c2cccc(Cl)c2S(=O)C1C. The van der Waals surface area contributed by atoms with Crippen LogP contribution in [-0.4, -0.2) is 16.5 Å². The zero-order valence-electron chi connectivity index (χ0n) is 8.08. The molecule has 1 aromatic rings. The number of rotatable bonds is 1. The van der Waals surface area contributed by atoms with E-state index in [1.165, 1.54) is 0 Å². The van der Waals surface area contributed by atoms with E-state index < -0.39 is 10.8 Å². The molecule has 0 amide bonds. The Morgan fingerprint density at radius 3 is 2.86 bits per heavy atom. The molecule has 4 heteroatoms. The van der Waals surface area contributed by atoms with Gasteiger partial charge in [-0.05, 0) is 25.6 Å². The molecule has 1 heterocycles. The van der Waals surface area contributed by atoms with Crippen molar-refractivity contribution in [2.75, 3.05) is 7.05 Å². The summed E-state index contributed by atoms with van der Waals surface area (Å²) >= 11 is 6.03. The van der Waals surface area contributed by atoms with Gasteiger partial charge in [-0.3, -0.25) is 4.21 Å². The molecule has 2 rings (SSSR count). The molecule has 0 spiro atoms. The third-order valence-electron chi connectivity index (χ3n) is 2.65. The van der Waals surface area contributed by atoms with Gasteiger partial charge in [0.1, 0.15) is 0 Å². The molecule has 14 heavy (non-hydrogen) atoms. The lowest BCUT2D eigenvalue weighted by Gasteiger charge is -2.13. The minimum Gasteiger partial charge on any atom is -0.312 e. The molecular formula is C10H12ClNOS. The lowest BCUT2D eigenvalue weighted by atomic mass is 10.1. The zero-order valence-corrected chi connectivity index (χ0v) is 9.65. The minimum absolute atomic E-state index is 0.0925. The van der Waals surface area contributed by atoms with Gasteiger partial charge < -0.3 is 5.32 Å². The summed E-state index contributed by atoms with van der Waals surface area (Å²) < 4.78 is 12.0. The first kappa shape index (κ1) is 10.1. The van der Waals surface area contributed by atoms with Crippen molar-refractivity contribution in [1.82, 2.24) is 5.32 Å². The Morgan fingerprint density at radius 2 is 2.21 bits per heavy atom. The van der Waals surface area contributed by atoms with E-state index in [4.69, 9.17) is 11.6 Å². The first-order valence-corrected chi connectivity index (χ1v) is 6.12. The fourth-order valence-corrected chi connectivity index (χ4v) is 3.93. The van der Waals surface area contributed by atoms with E-state index in [1.807, 2.05) is 26.1 Å². The van der Waals surface area contributed by atoms with Crippen LogP contribution in [0.25, 0.3) is 0 Å². The van der Waals surface area contributed by atoms with E-state index in [0.717, 1.165) is 10.5 Å². The fourth-order valence-electron chi connectivity index (χ4n) is 1.94. The number of hydrogen-bond donors (Lipinski definition) is 1. The molecule has 1 aliphatic heterocycles. The lowest BCUT2D eigenvalue weighted by Crippen LogP contribution is -2.24. The first-order valence-electron chi connectivity index (χ1n) is 4.53. The lowest BCUT2D eigenvalue weighted by molar-refractivity contribution is 0.585. The van der Waals surface area contributed by atoms with Crippen molar-refractivity contribution in [2.24, 2.45) is 0 Å². The van der Waals surface area contributed by atoms with Crippen LogP contribution in [0.2, 0.25) is 5.02 Å². The van der Waals surface area contributed by atoms with Gasteiger partial charge in [0.15, 0.2) is 0 Å². The highest BCUT2D eigenvalue weighted by Gasteiger charge is 2.35. The van der Waals surface area contributed by atoms with E-state index in [0.29, 0.717) is 5.02 Å². The second kappa shape index (κ2) is 3.65. The normalized spacial score (nSPS) is 30.4. The Labute approximate surface area is 91.1 Å².